The van der Waals surface area contributed by atoms with Crippen LogP contribution in [0.4, 0.5) is 0 Å². The molecule has 6 nitrogen and oxygen atoms in total. The van der Waals surface area contributed by atoms with Gasteiger partial charge in [0.15, 0.2) is 6.10 Å². The monoisotopic (exact) mass is 965 g/mol. The SMILES string of the molecule is CC/C=C\C/C=C\C/C=C\C/C=C\C/C=C\C/C=C\CCCCCCC(=O)OCC(COC(=O)CCCCCCCCCC)OC(=O)CCCC/C=C\C/C=C\C/C=C\C/C=C\C/C=C\C/C=C\CC. The highest BCUT2D eigenvalue weighted by atomic mass is 16.6. The van der Waals surface area contributed by atoms with Crippen LogP contribution >= 0.6 is 0 Å². The van der Waals surface area contributed by atoms with E-state index in [0.717, 1.165) is 141 Å². The van der Waals surface area contributed by atoms with E-state index in [2.05, 4.69) is 167 Å². The van der Waals surface area contributed by atoms with Gasteiger partial charge in [-0.15, -0.1) is 0 Å². The first kappa shape index (κ1) is 65.3. The minimum Gasteiger partial charge on any atom is -0.462 e. The maximum atomic E-state index is 12.8. The number of hydrogen-bond acceptors (Lipinski definition) is 6. The molecule has 0 aliphatic heterocycles. The third-order valence-corrected chi connectivity index (χ3v) is 11.1. The zero-order chi connectivity index (χ0) is 50.7. The number of rotatable bonds is 48. The van der Waals surface area contributed by atoms with E-state index in [1.54, 1.807) is 0 Å². The van der Waals surface area contributed by atoms with Gasteiger partial charge < -0.3 is 14.2 Å². The number of carbonyl (C=O) groups is 3. The van der Waals surface area contributed by atoms with Crippen LogP contribution < -0.4 is 0 Å². The van der Waals surface area contributed by atoms with Gasteiger partial charge in [-0.3, -0.25) is 14.4 Å². The summed E-state index contributed by atoms with van der Waals surface area (Å²) < 4.78 is 16.7. The van der Waals surface area contributed by atoms with Crippen molar-refractivity contribution >= 4 is 17.9 Å². The molecule has 0 radical (unpaired) electrons. The molecular formula is C64H100O6. The van der Waals surface area contributed by atoms with Crippen LogP contribution in [0, 0.1) is 0 Å². The summed E-state index contributed by atoms with van der Waals surface area (Å²) >= 11 is 0. The van der Waals surface area contributed by atoms with Crippen molar-refractivity contribution in [1.82, 2.24) is 0 Å². The molecule has 0 aromatic carbocycles. The first-order chi connectivity index (χ1) is 34.5. The Morgan fingerprint density at radius 2 is 0.557 bits per heavy atom. The van der Waals surface area contributed by atoms with Crippen molar-refractivity contribution in [3.05, 3.63) is 146 Å². The van der Waals surface area contributed by atoms with Gasteiger partial charge in [-0.05, 0) is 122 Å². The van der Waals surface area contributed by atoms with Gasteiger partial charge in [-0.1, -0.05) is 224 Å². The Labute approximate surface area is 429 Å². The van der Waals surface area contributed by atoms with Gasteiger partial charge in [0.25, 0.3) is 0 Å². The van der Waals surface area contributed by atoms with Crippen molar-refractivity contribution in [1.29, 1.82) is 0 Å². The maximum absolute atomic E-state index is 12.8. The van der Waals surface area contributed by atoms with Crippen LogP contribution in [-0.4, -0.2) is 37.2 Å². The highest BCUT2D eigenvalue weighted by Crippen LogP contribution is 2.12. The number of ether oxygens (including phenoxy) is 3. The molecule has 0 spiro atoms. The minimum atomic E-state index is -0.816. The quantitative estimate of drug-likeness (QED) is 0.0262. The van der Waals surface area contributed by atoms with Crippen molar-refractivity contribution in [2.75, 3.05) is 13.2 Å². The number of unbranched alkanes of at least 4 members (excludes halogenated alkanes) is 13. The van der Waals surface area contributed by atoms with Gasteiger partial charge in [-0.2, -0.15) is 0 Å². The Hall–Kier alpha value is -4.71. The number of hydrogen-bond donors (Lipinski definition) is 0. The summed E-state index contributed by atoms with van der Waals surface area (Å²) in [7, 11) is 0. The van der Waals surface area contributed by atoms with E-state index in [9.17, 15) is 14.4 Å². The van der Waals surface area contributed by atoms with Crippen LogP contribution in [0.1, 0.15) is 220 Å². The van der Waals surface area contributed by atoms with E-state index < -0.39 is 6.10 Å². The molecule has 70 heavy (non-hydrogen) atoms. The van der Waals surface area contributed by atoms with E-state index in [1.165, 1.54) is 32.1 Å². The third-order valence-electron chi connectivity index (χ3n) is 11.1. The van der Waals surface area contributed by atoms with Gasteiger partial charge in [0.05, 0.1) is 0 Å². The number of allylic oxidation sites excluding steroid dienone is 24. The first-order valence-electron chi connectivity index (χ1n) is 27.8. The Balaban J connectivity index is 4.43. The van der Waals surface area contributed by atoms with Crippen LogP contribution in [0.3, 0.4) is 0 Å². The zero-order valence-corrected chi connectivity index (χ0v) is 44.7. The van der Waals surface area contributed by atoms with Crippen molar-refractivity contribution in [3.8, 4) is 0 Å². The van der Waals surface area contributed by atoms with Crippen molar-refractivity contribution in [2.45, 2.75) is 226 Å². The Bertz CT molecular complexity index is 1580. The number of esters is 3. The Morgan fingerprint density at radius 3 is 0.900 bits per heavy atom. The third kappa shape index (κ3) is 54.2. The molecule has 0 aromatic heterocycles. The average molecular weight is 965 g/mol. The molecule has 0 aliphatic carbocycles. The standard InChI is InChI=1S/C64H100O6/c1-4-7-10-13-16-19-21-23-25-27-29-31-32-34-35-37-39-41-43-45-48-51-54-57-63(66)69-60-61(59-68-62(65)56-53-50-47-18-15-12-9-6-3)70-64(67)58-55-52-49-46-44-42-40-38-36-33-30-28-26-24-22-20-17-14-11-8-5-2/h7-8,10-11,16-17,19-20,23-26,29-31,33-35,38-41,44,46,61H,4-6,9,12-15,18,21-22,27-28,32,36-37,42-43,45,47-60H2,1-3H3/b10-7-,11-8-,19-16-,20-17-,25-23-,26-24-,31-29-,33-30-,35-34-,40-38-,41-39-,46-44-. The molecule has 392 valence electrons. The molecule has 0 aromatic rings. The Morgan fingerprint density at radius 1 is 0.300 bits per heavy atom. The van der Waals surface area contributed by atoms with Crippen LogP contribution in [0.25, 0.3) is 0 Å². The summed E-state index contributed by atoms with van der Waals surface area (Å²) in [5.74, 6) is -0.992. The largest absolute Gasteiger partial charge is 0.462 e. The molecule has 0 heterocycles. The fraction of sp³-hybridized carbons (Fsp3) is 0.578. The van der Waals surface area contributed by atoms with E-state index in [4.69, 9.17) is 14.2 Å². The lowest BCUT2D eigenvalue weighted by molar-refractivity contribution is -0.167. The molecule has 0 bridgehead atoms. The topological polar surface area (TPSA) is 78.9 Å². The molecule has 0 fully saturated rings. The summed E-state index contributed by atoms with van der Waals surface area (Å²) in [6, 6.07) is 0. The first-order valence-corrected chi connectivity index (χ1v) is 27.8. The number of carbonyl (C=O) groups excluding carboxylic acids is 3. The van der Waals surface area contributed by atoms with Crippen LogP contribution in [-0.2, 0) is 28.6 Å². The molecule has 1 atom stereocenters. The molecule has 0 aliphatic rings. The molecular weight excluding hydrogens is 865 g/mol. The second kappa shape index (κ2) is 56.9. The molecule has 1 unspecified atom stereocenters. The van der Waals surface area contributed by atoms with Crippen LogP contribution in [0.5, 0.6) is 0 Å². The normalized spacial score (nSPS) is 13.2. The van der Waals surface area contributed by atoms with E-state index in [0.29, 0.717) is 19.3 Å². The molecule has 0 amide bonds. The highest BCUT2D eigenvalue weighted by molar-refractivity contribution is 5.71. The lowest BCUT2D eigenvalue weighted by Crippen LogP contribution is -2.30. The van der Waals surface area contributed by atoms with E-state index in [1.807, 2.05) is 0 Å². The van der Waals surface area contributed by atoms with Gasteiger partial charge >= 0.3 is 17.9 Å². The summed E-state index contributed by atoms with van der Waals surface area (Å²) in [6.45, 7) is 6.30. The van der Waals surface area contributed by atoms with E-state index >= 15 is 0 Å². The fourth-order valence-electron chi connectivity index (χ4n) is 6.98. The lowest BCUT2D eigenvalue weighted by atomic mass is 10.1. The fourth-order valence-corrected chi connectivity index (χ4v) is 6.98. The maximum Gasteiger partial charge on any atom is 0.306 e. The zero-order valence-electron chi connectivity index (χ0n) is 44.7. The van der Waals surface area contributed by atoms with E-state index in [-0.39, 0.29) is 37.5 Å². The van der Waals surface area contributed by atoms with Crippen molar-refractivity contribution in [2.24, 2.45) is 0 Å². The van der Waals surface area contributed by atoms with Crippen LogP contribution in [0.15, 0.2) is 146 Å². The minimum absolute atomic E-state index is 0.109. The summed E-state index contributed by atoms with van der Waals surface area (Å²) in [6.07, 6.45) is 81.3. The molecule has 0 N–H and O–H groups in total. The summed E-state index contributed by atoms with van der Waals surface area (Å²) in [5, 5.41) is 0. The van der Waals surface area contributed by atoms with Gasteiger partial charge in [0.2, 0.25) is 0 Å². The van der Waals surface area contributed by atoms with Gasteiger partial charge in [0, 0.05) is 19.3 Å². The van der Waals surface area contributed by atoms with Gasteiger partial charge in [0.1, 0.15) is 13.2 Å². The van der Waals surface area contributed by atoms with Gasteiger partial charge in [-0.25, -0.2) is 0 Å². The van der Waals surface area contributed by atoms with Crippen molar-refractivity contribution in [3.63, 3.8) is 0 Å². The highest BCUT2D eigenvalue weighted by Gasteiger charge is 2.19. The summed E-state index contributed by atoms with van der Waals surface area (Å²) in [5.41, 5.74) is 0. The predicted molar refractivity (Wildman–Crippen MR) is 302 cm³/mol. The Kier molecular flexibility index (Phi) is 53.0. The molecule has 0 saturated heterocycles. The predicted octanol–water partition coefficient (Wildman–Crippen LogP) is 18.8. The molecule has 0 saturated carbocycles. The second-order valence-electron chi connectivity index (χ2n) is 17.7. The smallest absolute Gasteiger partial charge is 0.306 e. The lowest BCUT2D eigenvalue weighted by Gasteiger charge is -2.18. The average Bonchev–Trinajstić information content (AvgIpc) is 3.36. The van der Waals surface area contributed by atoms with Crippen LogP contribution in [0.2, 0.25) is 0 Å². The van der Waals surface area contributed by atoms with Crippen molar-refractivity contribution < 1.29 is 28.6 Å². The second-order valence-corrected chi connectivity index (χ2v) is 17.7. The molecule has 6 heteroatoms. The molecule has 0 rings (SSSR count). The summed E-state index contributed by atoms with van der Waals surface area (Å²) in [4.78, 5) is 38.0.